The van der Waals surface area contributed by atoms with Crippen molar-refractivity contribution >= 4 is 22.2 Å². The zero-order valence-electron chi connectivity index (χ0n) is 9.41. The summed E-state index contributed by atoms with van der Waals surface area (Å²) in [5.74, 6) is 0. The number of anilines is 2. The van der Waals surface area contributed by atoms with Crippen molar-refractivity contribution in [3.8, 4) is 0 Å². The average molecular weight is 226 g/mol. The van der Waals surface area contributed by atoms with E-state index in [9.17, 15) is 4.21 Å². The van der Waals surface area contributed by atoms with Gasteiger partial charge in [-0.3, -0.25) is 4.21 Å². The molecule has 0 aromatic heterocycles. The molecule has 3 N–H and O–H groups in total. The summed E-state index contributed by atoms with van der Waals surface area (Å²) in [6.07, 6.45) is 1.72. The second-order valence-electron chi connectivity index (χ2n) is 3.76. The Hall–Kier alpha value is -1.03. The molecule has 84 valence electrons. The third-order valence-electron chi connectivity index (χ3n) is 2.40. The van der Waals surface area contributed by atoms with Crippen LogP contribution in [0.5, 0.6) is 0 Å². The minimum atomic E-state index is -0.782. The van der Waals surface area contributed by atoms with Gasteiger partial charge in [-0.2, -0.15) is 0 Å². The molecular weight excluding hydrogens is 208 g/mol. The Balaban J connectivity index is 2.62. The molecule has 0 saturated heterocycles. The summed E-state index contributed by atoms with van der Waals surface area (Å²) in [5, 5.41) is 3.43. The number of aryl methyl sites for hydroxylation is 1. The van der Waals surface area contributed by atoms with Crippen molar-refractivity contribution in [3.05, 3.63) is 23.8 Å². The van der Waals surface area contributed by atoms with Gasteiger partial charge in [0.1, 0.15) is 0 Å². The van der Waals surface area contributed by atoms with Gasteiger partial charge in [-0.25, -0.2) is 0 Å². The molecule has 15 heavy (non-hydrogen) atoms. The van der Waals surface area contributed by atoms with E-state index < -0.39 is 10.8 Å². The molecule has 2 atom stereocenters. The molecule has 0 bridgehead atoms. The van der Waals surface area contributed by atoms with Gasteiger partial charge in [0.25, 0.3) is 0 Å². The molecule has 0 aliphatic heterocycles. The molecule has 2 unspecified atom stereocenters. The van der Waals surface area contributed by atoms with E-state index in [1.165, 1.54) is 0 Å². The Labute approximate surface area is 93.5 Å². The minimum Gasteiger partial charge on any atom is -0.399 e. The van der Waals surface area contributed by atoms with Crippen molar-refractivity contribution in [1.82, 2.24) is 0 Å². The SMILES string of the molecule is Cc1cc(N)ccc1NCC(C)S(C)=O. The van der Waals surface area contributed by atoms with Crippen LogP contribution in [0.4, 0.5) is 11.4 Å². The van der Waals surface area contributed by atoms with Crippen LogP contribution in [0.25, 0.3) is 0 Å². The Bertz CT molecular complexity index is 366. The number of nitrogens with one attached hydrogen (secondary N) is 1. The Kier molecular flexibility index (Phi) is 4.15. The molecule has 0 radical (unpaired) electrons. The summed E-state index contributed by atoms with van der Waals surface area (Å²) in [7, 11) is -0.782. The molecule has 0 amide bonds. The second-order valence-corrected chi connectivity index (χ2v) is 5.57. The predicted octanol–water partition coefficient (Wildman–Crippen LogP) is 1.76. The van der Waals surface area contributed by atoms with E-state index >= 15 is 0 Å². The first-order chi connectivity index (χ1) is 7.00. The van der Waals surface area contributed by atoms with E-state index in [2.05, 4.69) is 5.32 Å². The molecule has 3 nitrogen and oxygen atoms in total. The monoisotopic (exact) mass is 226 g/mol. The quantitative estimate of drug-likeness (QED) is 0.769. The summed E-state index contributed by atoms with van der Waals surface area (Å²) in [6.45, 7) is 4.69. The van der Waals surface area contributed by atoms with E-state index in [-0.39, 0.29) is 5.25 Å². The molecule has 1 aromatic rings. The fraction of sp³-hybridized carbons (Fsp3) is 0.455. The maximum absolute atomic E-state index is 11.2. The standard InChI is InChI=1S/C11H18N2OS/c1-8-6-10(12)4-5-11(8)13-7-9(2)15(3)14/h4-6,9,13H,7,12H2,1-3H3. The molecule has 0 aliphatic carbocycles. The Morgan fingerprint density at radius 3 is 2.73 bits per heavy atom. The lowest BCUT2D eigenvalue weighted by Gasteiger charge is -2.13. The second kappa shape index (κ2) is 5.16. The van der Waals surface area contributed by atoms with Gasteiger partial charge in [0.15, 0.2) is 0 Å². The highest BCUT2D eigenvalue weighted by Gasteiger charge is 2.06. The topological polar surface area (TPSA) is 55.1 Å². The van der Waals surface area contributed by atoms with Gasteiger partial charge in [0.2, 0.25) is 0 Å². The number of hydrogen-bond acceptors (Lipinski definition) is 3. The maximum atomic E-state index is 11.2. The van der Waals surface area contributed by atoms with E-state index in [1.807, 2.05) is 32.0 Å². The maximum Gasteiger partial charge on any atom is 0.0489 e. The first kappa shape index (κ1) is 12.0. The van der Waals surface area contributed by atoms with Gasteiger partial charge < -0.3 is 11.1 Å². The van der Waals surface area contributed by atoms with Crippen LogP contribution in [0.2, 0.25) is 0 Å². The number of rotatable bonds is 4. The first-order valence-corrected chi connectivity index (χ1v) is 6.55. The average Bonchev–Trinajstić information content (AvgIpc) is 2.15. The first-order valence-electron chi connectivity index (χ1n) is 4.93. The van der Waals surface area contributed by atoms with Crippen LogP contribution in [0.3, 0.4) is 0 Å². The highest BCUT2D eigenvalue weighted by Crippen LogP contribution is 2.17. The van der Waals surface area contributed by atoms with Crippen molar-refractivity contribution in [1.29, 1.82) is 0 Å². The molecule has 0 aliphatic rings. The van der Waals surface area contributed by atoms with Gasteiger partial charge in [0.05, 0.1) is 0 Å². The summed E-state index contributed by atoms with van der Waals surface area (Å²) < 4.78 is 11.2. The lowest BCUT2D eigenvalue weighted by Crippen LogP contribution is -2.20. The van der Waals surface area contributed by atoms with Crippen molar-refractivity contribution < 1.29 is 4.21 Å². The molecule has 1 aromatic carbocycles. The van der Waals surface area contributed by atoms with Gasteiger partial charge in [-0.1, -0.05) is 0 Å². The fourth-order valence-corrected chi connectivity index (χ4v) is 1.57. The van der Waals surface area contributed by atoms with Crippen molar-refractivity contribution in [2.75, 3.05) is 23.9 Å². The number of benzene rings is 1. The molecule has 0 heterocycles. The van der Waals surface area contributed by atoms with Crippen LogP contribution in [0, 0.1) is 6.92 Å². The van der Waals surface area contributed by atoms with Gasteiger partial charge in [0, 0.05) is 40.2 Å². The summed E-state index contributed by atoms with van der Waals surface area (Å²) >= 11 is 0. The fourth-order valence-electron chi connectivity index (χ4n) is 1.26. The van der Waals surface area contributed by atoms with Crippen LogP contribution in [0.15, 0.2) is 18.2 Å². The van der Waals surface area contributed by atoms with E-state index in [4.69, 9.17) is 5.73 Å². The molecule has 0 spiro atoms. The number of hydrogen-bond donors (Lipinski definition) is 2. The molecule has 4 heteroatoms. The van der Waals surface area contributed by atoms with E-state index in [0.29, 0.717) is 6.54 Å². The largest absolute Gasteiger partial charge is 0.399 e. The molecule has 1 rings (SSSR count). The summed E-state index contributed by atoms with van der Waals surface area (Å²) in [5.41, 5.74) is 8.60. The highest BCUT2D eigenvalue weighted by molar-refractivity contribution is 7.84. The van der Waals surface area contributed by atoms with Gasteiger partial charge >= 0.3 is 0 Å². The van der Waals surface area contributed by atoms with Gasteiger partial charge in [-0.15, -0.1) is 0 Å². The molecule has 0 fully saturated rings. The van der Waals surface area contributed by atoms with E-state index in [1.54, 1.807) is 6.26 Å². The van der Waals surface area contributed by atoms with Crippen LogP contribution in [-0.4, -0.2) is 22.3 Å². The van der Waals surface area contributed by atoms with Crippen LogP contribution < -0.4 is 11.1 Å². The number of nitrogens with two attached hydrogens (primary N) is 1. The normalized spacial score (nSPS) is 14.6. The van der Waals surface area contributed by atoms with E-state index in [0.717, 1.165) is 16.9 Å². The smallest absolute Gasteiger partial charge is 0.0489 e. The predicted molar refractivity (Wildman–Crippen MR) is 67.6 cm³/mol. The summed E-state index contributed by atoms with van der Waals surface area (Å²) in [4.78, 5) is 0. The lowest BCUT2D eigenvalue weighted by atomic mass is 10.2. The van der Waals surface area contributed by atoms with Crippen LogP contribution in [0.1, 0.15) is 12.5 Å². The zero-order valence-corrected chi connectivity index (χ0v) is 10.2. The van der Waals surface area contributed by atoms with Crippen LogP contribution >= 0.6 is 0 Å². The van der Waals surface area contributed by atoms with Crippen molar-refractivity contribution in [3.63, 3.8) is 0 Å². The molecule has 0 saturated carbocycles. The third kappa shape index (κ3) is 3.55. The minimum absolute atomic E-state index is 0.155. The summed E-state index contributed by atoms with van der Waals surface area (Å²) in [6, 6.07) is 5.74. The highest BCUT2D eigenvalue weighted by atomic mass is 32.2. The lowest BCUT2D eigenvalue weighted by molar-refractivity contribution is 0.679. The van der Waals surface area contributed by atoms with Crippen molar-refractivity contribution in [2.24, 2.45) is 0 Å². The Morgan fingerprint density at radius 2 is 2.20 bits per heavy atom. The van der Waals surface area contributed by atoms with Gasteiger partial charge in [-0.05, 0) is 37.6 Å². The Morgan fingerprint density at radius 1 is 1.53 bits per heavy atom. The van der Waals surface area contributed by atoms with Crippen molar-refractivity contribution in [2.45, 2.75) is 19.1 Å². The zero-order chi connectivity index (χ0) is 11.4. The number of nitrogen functional groups attached to an aromatic ring is 1. The third-order valence-corrected chi connectivity index (χ3v) is 3.70. The molecular formula is C11H18N2OS. The van der Waals surface area contributed by atoms with Crippen LogP contribution in [-0.2, 0) is 10.8 Å².